The average molecular weight is 364 g/mol. The van der Waals surface area contributed by atoms with E-state index in [4.69, 9.17) is 9.47 Å². The minimum Gasteiger partial charge on any atom is -0.493 e. The Labute approximate surface area is 147 Å². The largest absolute Gasteiger partial charge is 0.493 e. The van der Waals surface area contributed by atoms with E-state index in [1.165, 1.54) is 38.3 Å². The molecule has 0 aromatic heterocycles. The highest BCUT2D eigenvalue weighted by molar-refractivity contribution is 7.89. The van der Waals surface area contributed by atoms with E-state index in [1.54, 1.807) is 18.2 Å². The number of hydrogen-bond acceptors (Lipinski definition) is 5. The number of para-hydroxylation sites is 2. The van der Waals surface area contributed by atoms with Gasteiger partial charge >= 0.3 is 0 Å². The highest BCUT2D eigenvalue weighted by Gasteiger charge is 2.13. The number of ether oxygens (including phenoxy) is 2. The summed E-state index contributed by atoms with van der Waals surface area (Å²) in [4.78, 5) is 11.1. The van der Waals surface area contributed by atoms with E-state index in [2.05, 4.69) is 10.0 Å². The zero-order valence-electron chi connectivity index (χ0n) is 14.0. The predicted molar refractivity (Wildman–Crippen MR) is 94.4 cm³/mol. The summed E-state index contributed by atoms with van der Waals surface area (Å²) in [6.45, 7) is 1.64. The van der Waals surface area contributed by atoms with Crippen LogP contribution in [0.5, 0.6) is 11.5 Å². The van der Waals surface area contributed by atoms with Gasteiger partial charge in [0.15, 0.2) is 11.5 Å². The summed E-state index contributed by atoms with van der Waals surface area (Å²) < 4.78 is 37.6. The van der Waals surface area contributed by atoms with Gasteiger partial charge in [0.05, 0.1) is 12.0 Å². The lowest BCUT2D eigenvalue weighted by molar-refractivity contribution is -0.114. The van der Waals surface area contributed by atoms with Crippen LogP contribution in [0.3, 0.4) is 0 Å². The van der Waals surface area contributed by atoms with Crippen LogP contribution < -0.4 is 19.5 Å². The molecule has 0 saturated heterocycles. The Morgan fingerprint density at radius 1 is 1.04 bits per heavy atom. The Balaban J connectivity index is 1.90. The zero-order valence-corrected chi connectivity index (χ0v) is 14.8. The van der Waals surface area contributed by atoms with Crippen LogP contribution >= 0.6 is 0 Å². The van der Waals surface area contributed by atoms with Crippen molar-refractivity contribution in [3.05, 3.63) is 48.5 Å². The molecular formula is C17H20N2O5S. The molecule has 2 aromatic rings. The molecule has 2 aromatic carbocycles. The lowest BCUT2D eigenvalue weighted by Gasteiger charge is -2.11. The van der Waals surface area contributed by atoms with Crippen molar-refractivity contribution in [3.8, 4) is 11.5 Å². The maximum absolute atomic E-state index is 12.2. The molecule has 2 N–H and O–H groups in total. The van der Waals surface area contributed by atoms with Gasteiger partial charge in [-0.05, 0) is 36.4 Å². The van der Waals surface area contributed by atoms with Gasteiger partial charge in [0.2, 0.25) is 15.9 Å². The van der Waals surface area contributed by atoms with Crippen LogP contribution in [0, 0.1) is 0 Å². The first-order chi connectivity index (χ1) is 11.9. The molecule has 0 bridgehead atoms. The van der Waals surface area contributed by atoms with Gasteiger partial charge in [-0.25, -0.2) is 13.1 Å². The highest BCUT2D eigenvalue weighted by Crippen LogP contribution is 2.25. The quantitative estimate of drug-likeness (QED) is 0.699. The molecule has 7 nitrogen and oxygen atoms in total. The molecule has 0 spiro atoms. The first-order valence-electron chi connectivity index (χ1n) is 7.55. The molecule has 0 unspecified atom stereocenters. The fraction of sp³-hybridized carbons (Fsp3) is 0.235. The lowest BCUT2D eigenvalue weighted by Crippen LogP contribution is -2.28. The van der Waals surface area contributed by atoms with Crippen LogP contribution in [0.4, 0.5) is 5.69 Å². The first-order valence-corrected chi connectivity index (χ1v) is 9.04. The molecule has 0 aliphatic carbocycles. The number of benzene rings is 2. The third kappa shape index (κ3) is 5.47. The Hall–Kier alpha value is -2.58. The summed E-state index contributed by atoms with van der Waals surface area (Å²) in [5, 5.41) is 2.58. The molecular weight excluding hydrogens is 344 g/mol. The van der Waals surface area contributed by atoms with Gasteiger partial charge < -0.3 is 14.8 Å². The van der Waals surface area contributed by atoms with E-state index in [-0.39, 0.29) is 24.0 Å². The summed E-state index contributed by atoms with van der Waals surface area (Å²) >= 11 is 0. The van der Waals surface area contributed by atoms with Crippen molar-refractivity contribution in [3.63, 3.8) is 0 Å². The van der Waals surface area contributed by atoms with E-state index < -0.39 is 10.0 Å². The van der Waals surface area contributed by atoms with Crippen molar-refractivity contribution < 1.29 is 22.7 Å². The lowest BCUT2D eigenvalue weighted by atomic mass is 10.3. The van der Waals surface area contributed by atoms with E-state index in [0.717, 1.165) is 0 Å². The normalized spacial score (nSPS) is 11.0. The maximum atomic E-state index is 12.2. The Bertz CT molecular complexity index is 819. The Morgan fingerprint density at radius 3 is 2.28 bits per heavy atom. The van der Waals surface area contributed by atoms with Gasteiger partial charge in [-0.1, -0.05) is 12.1 Å². The summed E-state index contributed by atoms with van der Waals surface area (Å²) in [7, 11) is -2.11. The molecule has 2 rings (SSSR count). The van der Waals surface area contributed by atoms with Crippen LogP contribution in [-0.4, -0.2) is 34.6 Å². The predicted octanol–water partition coefficient (Wildman–Crippen LogP) is 2.01. The van der Waals surface area contributed by atoms with Gasteiger partial charge in [0.1, 0.15) is 6.61 Å². The molecule has 0 radical (unpaired) electrons. The van der Waals surface area contributed by atoms with E-state index in [0.29, 0.717) is 17.2 Å². The molecule has 1 amide bonds. The van der Waals surface area contributed by atoms with Crippen molar-refractivity contribution in [1.29, 1.82) is 0 Å². The van der Waals surface area contributed by atoms with Crippen LogP contribution in [-0.2, 0) is 14.8 Å². The number of amides is 1. The van der Waals surface area contributed by atoms with Crippen molar-refractivity contribution in [2.75, 3.05) is 25.6 Å². The molecule has 0 heterocycles. The molecule has 0 saturated carbocycles. The number of methoxy groups -OCH3 is 1. The molecule has 0 fully saturated rings. The third-order valence-electron chi connectivity index (χ3n) is 3.21. The van der Waals surface area contributed by atoms with Crippen molar-refractivity contribution in [2.24, 2.45) is 0 Å². The smallest absolute Gasteiger partial charge is 0.240 e. The highest BCUT2D eigenvalue weighted by atomic mass is 32.2. The van der Waals surface area contributed by atoms with Crippen molar-refractivity contribution in [1.82, 2.24) is 4.72 Å². The molecule has 134 valence electrons. The monoisotopic (exact) mass is 364 g/mol. The molecule has 8 heteroatoms. The number of nitrogens with one attached hydrogen (secondary N) is 2. The summed E-state index contributed by atoms with van der Waals surface area (Å²) in [6, 6.07) is 13.0. The SMILES string of the molecule is COc1ccccc1OCCNS(=O)(=O)c1ccc(NC(C)=O)cc1. The van der Waals surface area contributed by atoms with Gasteiger partial charge in [-0.15, -0.1) is 0 Å². The standard InChI is InChI=1S/C17H20N2O5S/c1-13(20)19-14-7-9-15(10-8-14)25(21,22)18-11-12-24-17-6-4-3-5-16(17)23-2/h3-10,18H,11-12H2,1-2H3,(H,19,20). The van der Waals surface area contributed by atoms with Crippen LogP contribution in [0.1, 0.15) is 6.92 Å². The average Bonchev–Trinajstić information content (AvgIpc) is 2.59. The van der Waals surface area contributed by atoms with Crippen molar-refractivity contribution in [2.45, 2.75) is 11.8 Å². The molecule has 0 aliphatic rings. The second kappa shape index (κ2) is 8.50. The van der Waals surface area contributed by atoms with Gasteiger partial charge in [-0.3, -0.25) is 4.79 Å². The molecule has 0 atom stereocenters. The molecule has 25 heavy (non-hydrogen) atoms. The van der Waals surface area contributed by atoms with Gasteiger partial charge in [0.25, 0.3) is 0 Å². The van der Waals surface area contributed by atoms with Crippen molar-refractivity contribution >= 4 is 21.6 Å². The number of sulfonamides is 1. The minimum atomic E-state index is -3.65. The number of carbonyl (C=O) groups is 1. The molecule has 0 aliphatic heterocycles. The van der Waals surface area contributed by atoms with Crippen LogP contribution in [0.25, 0.3) is 0 Å². The Morgan fingerprint density at radius 2 is 1.68 bits per heavy atom. The third-order valence-corrected chi connectivity index (χ3v) is 4.68. The Kier molecular flexibility index (Phi) is 6.37. The minimum absolute atomic E-state index is 0.105. The van der Waals surface area contributed by atoms with E-state index in [1.807, 2.05) is 6.07 Å². The maximum Gasteiger partial charge on any atom is 0.240 e. The summed E-state index contributed by atoms with van der Waals surface area (Å²) in [6.07, 6.45) is 0. The summed E-state index contributed by atoms with van der Waals surface area (Å²) in [5.74, 6) is 0.907. The van der Waals surface area contributed by atoms with E-state index >= 15 is 0 Å². The number of hydrogen-bond donors (Lipinski definition) is 2. The van der Waals surface area contributed by atoms with Crippen LogP contribution in [0.2, 0.25) is 0 Å². The zero-order chi connectivity index (χ0) is 18.3. The second-order valence-electron chi connectivity index (χ2n) is 5.10. The van der Waals surface area contributed by atoms with E-state index in [9.17, 15) is 13.2 Å². The first kappa shape index (κ1) is 18.8. The van der Waals surface area contributed by atoms with Gasteiger partial charge in [0, 0.05) is 19.2 Å². The number of anilines is 1. The number of carbonyl (C=O) groups excluding carboxylic acids is 1. The fourth-order valence-corrected chi connectivity index (χ4v) is 3.09. The van der Waals surface area contributed by atoms with Crippen LogP contribution in [0.15, 0.2) is 53.4 Å². The summed E-state index contributed by atoms with van der Waals surface area (Å²) in [5.41, 5.74) is 0.533. The fourth-order valence-electron chi connectivity index (χ4n) is 2.08. The number of rotatable bonds is 8. The topological polar surface area (TPSA) is 93.7 Å². The van der Waals surface area contributed by atoms with Gasteiger partial charge in [-0.2, -0.15) is 0 Å². The second-order valence-corrected chi connectivity index (χ2v) is 6.87.